The van der Waals surface area contributed by atoms with Crippen LogP contribution < -0.4 is 4.90 Å². The molecule has 0 aromatic carbocycles. The minimum Gasteiger partial charge on any atom is -0.370 e. The highest BCUT2D eigenvalue weighted by molar-refractivity contribution is 5.81. The quantitative estimate of drug-likeness (QED) is 0.691. The molecule has 0 bridgehead atoms. The number of aromatic nitrogens is 1. The maximum absolute atomic E-state index is 12.9. The van der Waals surface area contributed by atoms with Crippen LogP contribution in [0.2, 0.25) is 0 Å². The SMILES string of the molecule is O=C1CO[C@H]2CCN(C(=O)N3CC(c4ccc(N5CCC(C(F)(F)F)C5)nc4)C3)C[C@H]2C1. The summed E-state index contributed by atoms with van der Waals surface area (Å²) in [5, 5.41) is 0. The number of anilines is 1. The molecule has 7 nitrogen and oxygen atoms in total. The molecule has 10 heteroatoms. The minimum absolute atomic E-state index is 0.00226. The van der Waals surface area contributed by atoms with E-state index in [4.69, 9.17) is 4.74 Å². The number of carbonyl (C=O) groups excluding carboxylic acids is 2. The first-order valence-electron chi connectivity index (χ1n) is 11.2. The number of nitrogens with zero attached hydrogens (tertiary/aromatic N) is 4. The Bertz CT molecular complexity index is 872. The smallest absolute Gasteiger partial charge is 0.370 e. The molecular formula is C22H27F3N4O3. The van der Waals surface area contributed by atoms with Crippen molar-refractivity contribution in [2.45, 2.75) is 37.5 Å². The number of fused-ring (bicyclic) bond motifs is 1. The van der Waals surface area contributed by atoms with Gasteiger partial charge in [0.15, 0.2) is 5.78 Å². The normalized spacial score (nSPS) is 29.2. The molecule has 0 saturated carbocycles. The number of urea groups is 1. The zero-order valence-electron chi connectivity index (χ0n) is 17.8. The summed E-state index contributed by atoms with van der Waals surface area (Å²) in [7, 11) is 0. The lowest BCUT2D eigenvalue weighted by Gasteiger charge is -2.46. The number of likely N-dealkylation sites (tertiary alicyclic amines) is 2. The number of amides is 2. The van der Waals surface area contributed by atoms with Crippen LogP contribution in [-0.2, 0) is 9.53 Å². The Morgan fingerprint density at radius 2 is 1.88 bits per heavy atom. The van der Waals surface area contributed by atoms with Crippen LogP contribution >= 0.6 is 0 Å². The lowest BCUT2D eigenvalue weighted by Crippen LogP contribution is -2.58. The van der Waals surface area contributed by atoms with Crippen LogP contribution in [0, 0.1) is 11.8 Å². The molecule has 2 amide bonds. The van der Waals surface area contributed by atoms with Gasteiger partial charge in [-0.1, -0.05) is 6.07 Å². The molecule has 4 fully saturated rings. The number of halogens is 3. The molecule has 0 N–H and O–H groups in total. The van der Waals surface area contributed by atoms with Crippen LogP contribution in [0.3, 0.4) is 0 Å². The molecule has 1 aromatic rings. The standard InChI is InChI=1S/C22H27F3N4O3/c23-22(24,25)17-3-5-27(12-17)20-2-1-14(8-26-20)16-10-29(11-16)21(31)28-6-4-19-15(9-28)7-18(30)13-32-19/h1-2,8,15-17,19H,3-7,9-13H2/t15-,17?,19+/m1/s1. The van der Waals surface area contributed by atoms with Gasteiger partial charge in [0.25, 0.3) is 0 Å². The molecule has 0 spiro atoms. The van der Waals surface area contributed by atoms with E-state index in [2.05, 4.69) is 4.98 Å². The molecule has 5 rings (SSSR count). The number of alkyl halides is 3. The Labute approximate surface area is 184 Å². The van der Waals surface area contributed by atoms with Gasteiger partial charge in [-0.15, -0.1) is 0 Å². The Balaban J connectivity index is 1.12. The number of rotatable bonds is 2. The van der Waals surface area contributed by atoms with Crippen molar-refractivity contribution in [2.24, 2.45) is 11.8 Å². The molecule has 174 valence electrons. The van der Waals surface area contributed by atoms with Crippen molar-refractivity contribution in [3.63, 3.8) is 0 Å². The van der Waals surface area contributed by atoms with E-state index in [9.17, 15) is 22.8 Å². The van der Waals surface area contributed by atoms with E-state index in [-0.39, 0.29) is 49.3 Å². The Morgan fingerprint density at radius 1 is 1.06 bits per heavy atom. The Morgan fingerprint density at radius 3 is 2.56 bits per heavy atom. The van der Waals surface area contributed by atoms with Gasteiger partial charge in [0, 0.05) is 63.7 Å². The molecule has 0 aliphatic carbocycles. The Kier molecular flexibility index (Phi) is 5.51. The van der Waals surface area contributed by atoms with E-state index in [1.54, 1.807) is 22.1 Å². The molecule has 4 aliphatic rings. The summed E-state index contributed by atoms with van der Waals surface area (Å²) in [4.78, 5) is 34.2. The maximum Gasteiger partial charge on any atom is 0.393 e. The van der Waals surface area contributed by atoms with Crippen molar-refractivity contribution >= 4 is 17.6 Å². The largest absolute Gasteiger partial charge is 0.393 e. The summed E-state index contributed by atoms with van der Waals surface area (Å²) in [6, 6.07) is 3.69. The van der Waals surface area contributed by atoms with Crippen LogP contribution in [0.15, 0.2) is 18.3 Å². The van der Waals surface area contributed by atoms with Crippen molar-refractivity contribution in [3.8, 4) is 0 Å². The van der Waals surface area contributed by atoms with Gasteiger partial charge in [-0.2, -0.15) is 13.2 Å². The van der Waals surface area contributed by atoms with Gasteiger partial charge in [-0.3, -0.25) is 4.79 Å². The van der Waals surface area contributed by atoms with E-state index < -0.39 is 12.1 Å². The van der Waals surface area contributed by atoms with Crippen LogP contribution in [0.25, 0.3) is 0 Å². The predicted molar refractivity (Wildman–Crippen MR) is 109 cm³/mol. The van der Waals surface area contributed by atoms with Crippen LogP contribution in [-0.4, -0.2) is 84.8 Å². The summed E-state index contributed by atoms with van der Waals surface area (Å²) in [6.07, 6.45) is -1.02. The van der Waals surface area contributed by atoms with Crippen LogP contribution in [0.5, 0.6) is 0 Å². The fourth-order valence-electron chi connectivity index (χ4n) is 5.26. The number of carbonyl (C=O) groups is 2. The van der Waals surface area contributed by atoms with Gasteiger partial charge in [0.05, 0.1) is 12.0 Å². The number of ether oxygens (including phenoxy) is 1. The summed E-state index contributed by atoms with van der Waals surface area (Å²) in [5.74, 6) is -0.355. The summed E-state index contributed by atoms with van der Waals surface area (Å²) in [6.45, 7) is 2.89. The fraction of sp³-hybridized carbons (Fsp3) is 0.682. The molecular weight excluding hydrogens is 425 g/mol. The number of pyridine rings is 1. The summed E-state index contributed by atoms with van der Waals surface area (Å²) in [5.41, 5.74) is 0.995. The van der Waals surface area contributed by atoms with E-state index in [0.29, 0.717) is 45.0 Å². The topological polar surface area (TPSA) is 66.0 Å². The molecule has 1 unspecified atom stereocenters. The molecule has 3 atom stereocenters. The third-order valence-corrected chi connectivity index (χ3v) is 7.25. The van der Waals surface area contributed by atoms with E-state index >= 15 is 0 Å². The van der Waals surface area contributed by atoms with Crippen molar-refractivity contribution in [3.05, 3.63) is 23.9 Å². The van der Waals surface area contributed by atoms with Gasteiger partial charge in [-0.25, -0.2) is 9.78 Å². The number of ketones is 1. The number of hydrogen-bond acceptors (Lipinski definition) is 5. The molecule has 5 heterocycles. The van der Waals surface area contributed by atoms with Crippen LogP contribution in [0.1, 0.15) is 30.7 Å². The first-order chi connectivity index (χ1) is 15.3. The third kappa shape index (κ3) is 4.16. The van der Waals surface area contributed by atoms with Crippen molar-refractivity contribution < 1.29 is 27.5 Å². The second-order valence-corrected chi connectivity index (χ2v) is 9.39. The van der Waals surface area contributed by atoms with Gasteiger partial charge in [-0.05, 0) is 24.5 Å². The third-order valence-electron chi connectivity index (χ3n) is 7.25. The van der Waals surface area contributed by atoms with Gasteiger partial charge >= 0.3 is 12.2 Å². The molecule has 32 heavy (non-hydrogen) atoms. The first kappa shape index (κ1) is 21.5. The maximum atomic E-state index is 12.9. The minimum atomic E-state index is -4.16. The van der Waals surface area contributed by atoms with Crippen LogP contribution in [0.4, 0.5) is 23.8 Å². The van der Waals surface area contributed by atoms with Crippen molar-refractivity contribution in [1.82, 2.24) is 14.8 Å². The predicted octanol–water partition coefficient (Wildman–Crippen LogP) is 2.67. The second-order valence-electron chi connectivity index (χ2n) is 9.39. The molecule has 1 aromatic heterocycles. The first-order valence-corrected chi connectivity index (χ1v) is 11.2. The highest BCUT2D eigenvalue weighted by Gasteiger charge is 2.44. The number of Topliss-reactive ketones (excluding diaryl/α,β-unsaturated/α-hetero) is 1. The van der Waals surface area contributed by atoms with Gasteiger partial charge in [0.1, 0.15) is 12.4 Å². The Hall–Kier alpha value is -2.36. The van der Waals surface area contributed by atoms with Crippen molar-refractivity contribution in [2.75, 3.05) is 50.8 Å². The second kappa shape index (κ2) is 8.20. The summed E-state index contributed by atoms with van der Waals surface area (Å²) < 4.78 is 44.3. The molecule has 4 aliphatic heterocycles. The average molecular weight is 452 g/mol. The lowest BCUT2D eigenvalue weighted by atomic mass is 9.88. The fourth-order valence-corrected chi connectivity index (χ4v) is 5.26. The van der Waals surface area contributed by atoms with Gasteiger partial charge < -0.3 is 19.4 Å². The average Bonchev–Trinajstić information content (AvgIpc) is 3.23. The summed E-state index contributed by atoms with van der Waals surface area (Å²) >= 11 is 0. The van der Waals surface area contributed by atoms with Crippen molar-refractivity contribution in [1.29, 1.82) is 0 Å². The number of hydrogen-bond donors (Lipinski definition) is 0. The highest BCUT2D eigenvalue weighted by atomic mass is 19.4. The zero-order chi connectivity index (χ0) is 22.5. The van der Waals surface area contributed by atoms with E-state index in [1.165, 1.54) is 0 Å². The molecule has 4 saturated heterocycles. The molecule has 0 radical (unpaired) electrons. The van der Waals surface area contributed by atoms with E-state index in [1.807, 2.05) is 11.0 Å². The lowest BCUT2D eigenvalue weighted by molar-refractivity contribution is -0.168. The number of piperidine rings is 1. The monoisotopic (exact) mass is 452 g/mol. The zero-order valence-corrected chi connectivity index (χ0v) is 17.8. The van der Waals surface area contributed by atoms with Gasteiger partial charge in [0.2, 0.25) is 0 Å². The highest BCUT2D eigenvalue weighted by Crippen LogP contribution is 2.36. The van der Waals surface area contributed by atoms with E-state index in [0.717, 1.165) is 12.0 Å².